The molecule has 52 heavy (non-hydrogen) atoms. The fourth-order valence-electron chi connectivity index (χ4n) is 7.67. The van der Waals surface area contributed by atoms with Crippen molar-refractivity contribution in [2.45, 2.75) is 0 Å². The second-order valence-electron chi connectivity index (χ2n) is 13.3. The highest BCUT2D eigenvalue weighted by Crippen LogP contribution is 2.44. The lowest BCUT2D eigenvalue weighted by Crippen LogP contribution is -2.10. The first-order valence-corrected chi connectivity index (χ1v) is 17.8. The molecule has 0 atom stereocenters. The molecular weight excluding hydrogens is 631 g/mol. The highest BCUT2D eigenvalue weighted by Gasteiger charge is 2.20. The number of fused-ring (bicyclic) bond motifs is 5. The highest BCUT2D eigenvalue weighted by molar-refractivity contribution is 6.14. The van der Waals surface area contributed by atoms with Gasteiger partial charge in [0.2, 0.25) is 0 Å². The van der Waals surface area contributed by atoms with Crippen molar-refractivity contribution in [2.24, 2.45) is 0 Å². The number of hydrogen-bond donors (Lipinski definition) is 0. The van der Waals surface area contributed by atoms with E-state index in [-0.39, 0.29) is 0 Å². The molecule has 2 nitrogen and oxygen atoms in total. The summed E-state index contributed by atoms with van der Waals surface area (Å²) in [7, 11) is 0. The van der Waals surface area contributed by atoms with E-state index >= 15 is 0 Å². The summed E-state index contributed by atoms with van der Waals surface area (Å²) >= 11 is 0. The van der Waals surface area contributed by atoms with Crippen molar-refractivity contribution in [3.63, 3.8) is 0 Å². The zero-order chi connectivity index (χ0) is 34.4. The zero-order valence-corrected chi connectivity index (χ0v) is 28.4. The molecule has 0 fully saturated rings. The molecule has 0 unspecified atom stereocenters. The van der Waals surface area contributed by atoms with Gasteiger partial charge in [-0.3, -0.25) is 0 Å². The van der Waals surface area contributed by atoms with Gasteiger partial charge in [0.05, 0.1) is 11.1 Å². The lowest BCUT2D eigenvalue weighted by Gasteiger charge is -2.26. The number of anilines is 3. The third-order valence-electron chi connectivity index (χ3n) is 10.3. The summed E-state index contributed by atoms with van der Waals surface area (Å²) in [5.74, 6) is 0. The van der Waals surface area contributed by atoms with Gasteiger partial charge in [0, 0.05) is 16.8 Å². The minimum absolute atomic E-state index is 0.864. The van der Waals surface area contributed by atoms with Crippen molar-refractivity contribution in [3.05, 3.63) is 200 Å². The first kappa shape index (κ1) is 30.0. The van der Waals surface area contributed by atoms with Crippen molar-refractivity contribution in [3.8, 4) is 33.4 Å². The van der Waals surface area contributed by atoms with E-state index < -0.39 is 0 Å². The van der Waals surface area contributed by atoms with Crippen molar-refractivity contribution in [2.75, 3.05) is 4.90 Å². The van der Waals surface area contributed by atoms with E-state index in [1.165, 1.54) is 49.4 Å². The van der Waals surface area contributed by atoms with Gasteiger partial charge in [0.1, 0.15) is 11.2 Å². The Kier molecular flexibility index (Phi) is 7.18. The van der Waals surface area contributed by atoms with Crippen molar-refractivity contribution in [1.29, 1.82) is 0 Å². The molecule has 244 valence electrons. The molecule has 0 spiro atoms. The van der Waals surface area contributed by atoms with E-state index in [2.05, 4.69) is 199 Å². The highest BCUT2D eigenvalue weighted by atomic mass is 16.3. The minimum Gasteiger partial charge on any atom is -0.456 e. The van der Waals surface area contributed by atoms with Gasteiger partial charge in [-0.05, 0) is 110 Å². The van der Waals surface area contributed by atoms with Crippen LogP contribution in [0.2, 0.25) is 0 Å². The predicted octanol–water partition coefficient (Wildman–Crippen LogP) is 14.4. The van der Waals surface area contributed by atoms with Gasteiger partial charge in [-0.2, -0.15) is 0 Å². The summed E-state index contributed by atoms with van der Waals surface area (Å²) in [5.41, 5.74) is 12.1. The molecule has 10 rings (SSSR count). The number of rotatable bonds is 6. The minimum atomic E-state index is 0.864. The van der Waals surface area contributed by atoms with Crippen LogP contribution in [0.1, 0.15) is 0 Å². The molecule has 10 aromatic rings. The van der Waals surface area contributed by atoms with Crippen LogP contribution in [0.3, 0.4) is 0 Å². The van der Waals surface area contributed by atoms with E-state index in [1.807, 2.05) is 6.07 Å². The van der Waals surface area contributed by atoms with Crippen LogP contribution in [0.15, 0.2) is 205 Å². The fourth-order valence-corrected chi connectivity index (χ4v) is 7.67. The van der Waals surface area contributed by atoms with Crippen molar-refractivity contribution < 1.29 is 4.42 Å². The van der Waals surface area contributed by atoms with Crippen LogP contribution in [0.4, 0.5) is 17.1 Å². The smallest absolute Gasteiger partial charge is 0.137 e. The molecule has 0 N–H and O–H groups in total. The van der Waals surface area contributed by atoms with Crippen molar-refractivity contribution >= 4 is 60.5 Å². The lowest BCUT2D eigenvalue weighted by molar-refractivity contribution is 0.669. The van der Waals surface area contributed by atoms with Gasteiger partial charge in [0.25, 0.3) is 0 Å². The van der Waals surface area contributed by atoms with Crippen molar-refractivity contribution in [1.82, 2.24) is 0 Å². The average molecular weight is 664 g/mol. The Morgan fingerprint density at radius 2 is 0.923 bits per heavy atom. The Morgan fingerprint density at radius 1 is 0.327 bits per heavy atom. The van der Waals surface area contributed by atoms with E-state index in [0.29, 0.717) is 0 Å². The van der Waals surface area contributed by atoms with Crippen LogP contribution < -0.4 is 4.90 Å². The Labute approximate surface area is 302 Å². The zero-order valence-electron chi connectivity index (χ0n) is 28.4. The summed E-state index contributed by atoms with van der Waals surface area (Å²) in [6.07, 6.45) is 0. The van der Waals surface area contributed by atoms with E-state index in [1.54, 1.807) is 0 Å². The van der Waals surface area contributed by atoms with Gasteiger partial charge in [0.15, 0.2) is 0 Å². The van der Waals surface area contributed by atoms with Gasteiger partial charge >= 0.3 is 0 Å². The molecule has 0 aliphatic carbocycles. The molecule has 0 saturated heterocycles. The molecule has 0 radical (unpaired) electrons. The Hall–Kier alpha value is -6.90. The van der Waals surface area contributed by atoms with Crippen LogP contribution in [-0.4, -0.2) is 0 Å². The largest absolute Gasteiger partial charge is 0.456 e. The first-order chi connectivity index (χ1) is 25.8. The van der Waals surface area contributed by atoms with Crippen LogP contribution >= 0.6 is 0 Å². The number of benzene rings is 9. The molecule has 1 aromatic heterocycles. The molecule has 9 aromatic carbocycles. The molecule has 2 heteroatoms. The second-order valence-corrected chi connectivity index (χ2v) is 13.3. The van der Waals surface area contributed by atoms with Gasteiger partial charge in [-0.25, -0.2) is 0 Å². The normalized spacial score (nSPS) is 11.5. The average Bonchev–Trinajstić information content (AvgIpc) is 3.60. The lowest BCUT2D eigenvalue weighted by atomic mass is 9.98. The SMILES string of the molecule is c1ccc(-c2ccc3c(c2)oc2cccc(N(c4ccc(-c5ccc6ccccc6c5)cc4)c4ccc(-c5cccc6ccccc56)cc4)c23)cc1. The number of nitrogens with zero attached hydrogens (tertiary/aromatic N) is 1. The van der Waals surface area contributed by atoms with E-state index in [9.17, 15) is 0 Å². The quantitative estimate of drug-likeness (QED) is 0.176. The van der Waals surface area contributed by atoms with Crippen LogP contribution in [-0.2, 0) is 0 Å². The molecule has 0 saturated carbocycles. The summed E-state index contributed by atoms with van der Waals surface area (Å²) < 4.78 is 6.58. The maximum Gasteiger partial charge on any atom is 0.137 e. The van der Waals surface area contributed by atoms with Gasteiger partial charge in [-0.1, -0.05) is 146 Å². The molecule has 1 heterocycles. The van der Waals surface area contributed by atoms with Gasteiger partial charge in [-0.15, -0.1) is 0 Å². The Balaban J connectivity index is 1.12. The maximum atomic E-state index is 6.58. The van der Waals surface area contributed by atoms with Crippen LogP contribution in [0, 0.1) is 0 Å². The summed E-state index contributed by atoms with van der Waals surface area (Å²) in [6, 6.07) is 71.7. The second kappa shape index (κ2) is 12.5. The molecule has 0 aliphatic rings. The first-order valence-electron chi connectivity index (χ1n) is 17.8. The van der Waals surface area contributed by atoms with E-state index in [4.69, 9.17) is 4.42 Å². The number of furan rings is 1. The fraction of sp³-hybridized carbons (Fsp3) is 0. The third kappa shape index (κ3) is 5.21. The Bertz CT molecular complexity index is 2880. The summed E-state index contributed by atoms with van der Waals surface area (Å²) in [4.78, 5) is 2.36. The monoisotopic (exact) mass is 663 g/mol. The molecule has 0 aliphatic heterocycles. The summed E-state index contributed by atoms with van der Waals surface area (Å²) in [5, 5.41) is 7.17. The number of hydrogen-bond acceptors (Lipinski definition) is 2. The topological polar surface area (TPSA) is 16.4 Å². The molecule has 0 amide bonds. The molecular formula is C50H33NO. The maximum absolute atomic E-state index is 6.58. The summed E-state index contributed by atoms with van der Waals surface area (Å²) in [6.45, 7) is 0. The third-order valence-corrected chi connectivity index (χ3v) is 10.3. The standard InChI is InChI=1S/C50H33NO/c1-2-10-34(11-3-1)41-26-31-46-49(33-41)52-48-19-9-18-47(50(46)48)51(42-27-22-36(23-28-42)40-21-20-35-12-4-5-14-39(35)32-40)43-29-24-38(25-30-43)45-17-8-15-37-13-6-7-16-44(37)45/h1-33H. The predicted molar refractivity (Wildman–Crippen MR) is 220 cm³/mol. The van der Waals surface area contributed by atoms with E-state index in [0.717, 1.165) is 44.6 Å². The Morgan fingerprint density at radius 3 is 1.73 bits per heavy atom. The molecule has 0 bridgehead atoms. The van der Waals surface area contributed by atoms with Gasteiger partial charge < -0.3 is 9.32 Å². The van der Waals surface area contributed by atoms with Crippen LogP contribution in [0.5, 0.6) is 0 Å². The van der Waals surface area contributed by atoms with Crippen LogP contribution in [0.25, 0.3) is 76.9 Å².